The Hall–Kier alpha value is -3.42. The van der Waals surface area contributed by atoms with E-state index in [-0.39, 0.29) is 36.1 Å². The summed E-state index contributed by atoms with van der Waals surface area (Å²) in [6.45, 7) is 1.12. The predicted octanol–water partition coefficient (Wildman–Crippen LogP) is 1.80. The molecule has 2 amide bonds. The number of para-hydroxylation sites is 2. The number of hydrazone groups is 1. The van der Waals surface area contributed by atoms with Crippen LogP contribution in [0.4, 0.5) is 10.1 Å². The predicted molar refractivity (Wildman–Crippen MR) is 92.7 cm³/mol. The Morgan fingerprint density at radius 2 is 2.12 bits per heavy atom. The van der Waals surface area contributed by atoms with Gasteiger partial charge >= 0.3 is 0 Å². The van der Waals surface area contributed by atoms with Crippen molar-refractivity contribution in [3.8, 4) is 11.5 Å². The van der Waals surface area contributed by atoms with Crippen LogP contribution in [0.25, 0.3) is 0 Å². The quantitative estimate of drug-likeness (QED) is 0.645. The lowest BCUT2D eigenvalue weighted by atomic mass is 10.1. The highest BCUT2D eigenvalue weighted by Crippen LogP contribution is 2.31. The van der Waals surface area contributed by atoms with Gasteiger partial charge in [-0.2, -0.15) is 5.10 Å². The lowest BCUT2D eigenvalue weighted by molar-refractivity contribution is -0.125. The molecule has 7 nitrogen and oxygen atoms in total. The van der Waals surface area contributed by atoms with Gasteiger partial charge in [0.2, 0.25) is 0 Å². The van der Waals surface area contributed by atoms with E-state index in [2.05, 4.69) is 10.5 Å². The SMILES string of the molecule is C/C(=N\NC(=O)CN1C(=O)COc2ccccc21)c1cc(F)ccc1O. The number of benzene rings is 2. The number of phenols is 1. The number of ether oxygens (including phenoxy) is 1. The van der Waals surface area contributed by atoms with Crippen LogP contribution in [0, 0.1) is 5.82 Å². The van der Waals surface area contributed by atoms with Crippen LogP contribution < -0.4 is 15.1 Å². The summed E-state index contributed by atoms with van der Waals surface area (Å²) in [6.07, 6.45) is 0. The Morgan fingerprint density at radius 1 is 1.35 bits per heavy atom. The first-order valence-electron chi connectivity index (χ1n) is 7.80. The van der Waals surface area contributed by atoms with Gasteiger partial charge in [-0.3, -0.25) is 14.5 Å². The van der Waals surface area contributed by atoms with Gasteiger partial charge in [0.1, 0.15) is 23.9 Å². The minimum atomic E-state index is -0.537. The van der Waals surface area contributed by atoms with Crippen molar-refractivity contribution in [3.63, 3.8) is 0 Å². The van der Waals surface area contributed by atoms with Gasteiger partial charge < -0.3 is 9.84 Å². The number of carbonyl (C=O) groups excluding carboxylic acids is 2. The largest absolute Gasteiger partial charge is 0.507 e. The van der Waals surface area contributed by atoms with E-state index in [9.17, 15) is 19.1 Å². The fourth-order valence-corrected chi connectivity index (χ4v) is 2.51. The maximum Gasteiger partial charge on any atom is 0.265 e. The van der Waals surface area contributed by atoms with Crippen molar-refractivity contribution in [1.82, 2.24) is 5.43 Å². The van der Waals surface area contributed by atoms with Crippen LogP contribution in [-0.2, 0) is 9.59 Å². The average molecular weight is 357 g/mol. The molecule has 2 aromatic rings. The summed E-state index contributed by atoms with van der Waals surface area (Å²) in [6, 6.07) is 10.3. The van der Waals surface area contributed by atoms with E-state index >= 15 is 0 Å². The number of nitrogens with one attached hydrogen (secondary N) is 1. The van der Waals surface area contributed by atoms with E-state index < -0.39 is 11.7 Å². The van der Waals surface area contributed by atoms with Crippen molar-refractivity contribution >= 4 is 23.2 Å². The number of hydrogen-bond donors (Lipinski definition) is 2. The maximum atomic E-state index is 13.3. The summed E-state index contributed by atoms with van der Waals surface area (Å²) in [5.74, 6) is -1.05. The molecule has 2 N–H and O–H groups in total. The molecule has 0 saturated heterocycles. The third kappa shape index (κ3) is 3.64. The van der Waals surface area contributed by atoms with Crippen LogP contribution in [0.15, 0.2) is 47.6 Å². The molecule has 8 heteroatoms. The number of nitrogens with zero attached hydrogens (tertiary/aromatic N) is 2. The van der Waals surface area contributed by atoms with Crippen LogP contribution in [0.5, 0.6) is 11.5 Å². The van der Waals surface area contributed by atoms with E-state index in [1.54, 1.807) is 24.3 Å². The van der Waals surface area contributed by atoms with Crippen LogP contribution in [-0.4, -0.2) is 35.8 Å². The highest BCUT2D eigenvalue weighted by molar-refractivity contribution is 6.03. The molecule has 0 atom stereocenters. The molecule has 0 spiro atoms. The Morgan fingerprint density at radius 3 is 2.92 bits per heavy atom. The van der Waals surface area contributed by atoms with Crippen LogP contribution in [0.3, 0.4) is 0 Å². The van der Waals surface area contributed by atoms with Gasteiger partial charge in [-0.1, -0.05) is 12.1 Å². The molecule has 0 saturated carbocycles. The van der Waals surface area contributed by atoms with Gasteiger partial charge in [0.05, 0.1) is 11.4 Å². The summed E-state index contributed by atoms with van der Waals surface area (Å²) in [5.41, 5.74) is 3.20. The summed E-state index contributed by atoms with van der Waals surface area (Å²) < 4.78 is 18.6. The third-order valence-electron chi connectivity index (χ3n) is 3.81. The number of carbonyl (C=O) groups is 2. The fraction of sp³-hybridized carbons (Fsp3) is 0.167. The highest BCUT2D eigenvalue weighted by atomic mass is 19.1. The second-order valence-electron chi connectivity index (χ2n) is 5.63. The molecule has 0 aliphatic carbocycles. The molecule has 2 aromatic carbocycles. The summed E-state index contributed by atoms with van der Waals surface area (Å²) >= 11 is 0. The molecule has 1 aliphatic rings. The van der Waals surface area contributed by atoms with Gasteiger partial charge in [-0.05, 0) is 37.3 Å². The highest BCUT2D eigenvalue weighted by Gasteiger charge is 2.26. The molecule has 0 fully saturated rings. The summed E-state index contributed by atoms with van der Waals surface area (Å²) in [7, 11) is 0. The Balaban J connectivity index is 1.71. The summed E-state index contributed by atoms with van der Waals surface area (Å²) in [5, 5.41) is 13.6. The number of fused-ring (bicyclic) bond motifs is 1. The molecule has 0 aromatic heterocycles. The Labute approximate surface area is 148 Å². The van der Waals surface area contributed by atoms with E-state index in [1.807, 2.05) is 0 Å². The minimum Gasteiger partial charge on any atom is -0.507 e. The molecule has 0 radical (unpaired) electrons. The first kappa shape index (κ1) is 17.4. The molecule has 134 valence electrons. The monoisotopic (exact) mass is 357 g/mol. The molecular formula is C18H16FN3O4. The standard InChI is InChI=1S/C18H16FN3O4/c1-11(13-8-12(19)6-7-15(13)23)20-21-17(24)9-22-14-4-2-3-5-16(14)26-10-18(22)25/h2-8,23H,9-10H2,1H3,(H,21,24)/b20-11+. The van der Waals surface area contributed by atoms with Crippen molar-refractivity contribution in [2.24, 2.45) is 5.10 Å². The van der Waals surface area contributed by atoms with Crippen LogP contribution in [0.2, 0.25) is 0 Å². The zero-order valence-electron chi connectivity index (χ0n) is 13.9. The van der Waals surface area contributed by atoms with Crippen molar-refractivity contribution < 1.29 is 23.8 Å². The third-order valence-corrected chi connectivity index (χ3v) is 3.81. The van der Waals surface area contributed by atoms with Gasteiger partial charge in [0, 0.05) is 5.56 Å². The van der Waals surface area contributed by atoms with E-state index in [4.69, 9.17) is 4.74 Å². The zero-order chi connectivity index (χ0) is 18.7. The van der Waals surface area contributed by atoms with Crippen molar-refractivity contribution in [2.45, 2.75) is 6.92 Å². The lowest BCUT2D eigenvalue weighted by Crippen LogP contribution is -2.44. The fourth-order valence-electron chi connectivity index (χ4n) is 2.51. The lowest BCUT2D eigenvalue weighted by Gasteiger charge is -2.28. The smallest absolute Gasteiger partial charge is 0.265 e. The molecule has 0 bridgehead atoms. The van der Waals surface area contributed by atoms with Crippen LogP contribution >= 0.6 is 0 Å². The Kier molecular flexibility index (Phi) is 4.83. The second kappa shape index (κ2) is 7.22. The van der Waals surface area contributed by atoms with E-state index in [1.165, 1.54) is 17.9 Å². The molecule has 3 rings (SSSR count). The number of anilines is 1. The number of aromatic hydroxyl groups is 1. The van der Waals surface area contributed by atoms with Gasteiger partial charge in [0.15, 0.2) is 6.61 Å². The molecular weight excluding hydrogens is 341 g/mol. The van der Waals surface area contributed by atoms with Crippen LogP contribution in [0.1, 0.15) is 12.5 Å². The summed E-state index contributed by atoms with van der Waals surface area (Å²) in [4.78, 5) is 25.5. The average Bonchev–Trinajstić information content (AvgIpc) is 2.64. The van der Waals surface area contributed by atoms with E-state index in [0.29, 0.717) is 11.4 Å². The van der Waals surface area contributed by atoms with Gasteiger partial charge in [-0.15, -0.1) is 0 Å². The first-order chi connectivity index (χ1) is 12.5. The maximum absolute atomic E-state index is 13.3. The number of amides is 2. The van der Waals surface area contributed by atoms with Gasteiger partial charge in [0.25, 0.3) is 11.8 Å². The zero-order valence-corrected chi connectivity index (χ0v) is 13.9. The van der Waals surface area contributed by atoms with Crippen molar-refractivity contribution in [3.05, 3.63) is 53.8 Å². The topological polar surface area (TPSA) is 91.2 Å². The van der Waals surface area contributed by atoms with Gasteiger partial charge in [-0.25, -0.2) is 9.82 Å². The van der Waals surface area contributed by atoms with E-state index in [0.717, 1.165) is 12.1 Å². The Bertz CT molecular complexity index is 898. The van der Waals surface area contributed by atoms with Crippen molar-refractivity contribution in [1.29, 1.82) is 0 Å². The molecule has 0 unspecified atom stereocenters. The molecule has 26 heavy (non-hydrogen) atoms. The molecule has 1 aliphatic heterocycles. The number of rotatable bonds is 4. The number of phenolic OH excluding ortho intramolecular Hbond substituents is 1. The second-order valence-corrected chi connectivity index (χ2v) is 5.63. The number of hydrogen-bond acceptors (Lipinski definition) is 5. The molecule has 1 heterocycles. The first-order valence-corrected chi connectivity index (χ1v) is 7.80. The van der Waals surface area contributed by atoms with Crippen molar-refractivity contribution in [2.75, 3.05) is 18.1 Å². The normalized spacial score (nSPS) is 13.8. The number of halogens is 1. The minimum absolute atomic E-state index is 0.149.